The molecule has 0 saturated heterocycles. The van der Waals surface area contributed by atoms with E-state index < -0.39 is 0 Å². The predicted molar refractivity (Wildman–Crippen MR) is 97.1 cm³/mol. The Labute approximate surface area is 152 Å². The van der Waals surface area contributed by atoms with E-state index in [0.29, 0.717) is 11.9 Å². The van der Waals surface area contributed by atoms with Gasteiger partial charge in [-0.05, 0) is 19.3 Å². The molecule has 3 heterocycles. The van der Waals surface area contributed by atoms with Gasteiger partial charge < -0.3 is 9.80 Å². The minimum Gasteiger partial charge on any atom is -0.340 e. The zero-order chi connectivity index (χ0) is 18.3. The number of fused-ring (bicyclic) bond motifs is 1. The topological polar surface area (TPSA) is 73.4 Å². The SMILES string of the molecule is CC[C@@H]1C(=O)N(C)c2cnc(-c3cc[n+](O)cc3)nc2N1C1CCCC1. The minimum atomic E-state index is -0.172. The van der Waals surface area contributed by atoms with Crippen molar-refractivity contribution in [2.24, 2.45) is 0 Å². The number of anilines is 2. The number of carbonyl (C=O) groups is 1. The highest BCUT2D eigenvalue weighted by atomic mass is 16.5. The summed E-state index contributed by atoms with van der Waals surface area (Å²) in [5.41, 5.74) is 1.60. The monoisotopic (exact) mass is 354 g/mol. The Morgan fingerprint density at radius 2 is 1.96 bits per heavy atom. The molecule has 0 spiro atoms. The van der Waals surface area contributed by atoms with Crippen LogP contribution in [0.1, 0.15) is 39.0 Å². The Hall–Kier alpha value is -2.70. The standard InChI is InChI=1S/C19H24N5O2/c1-3-15-19(25)22(2)16-12-20-17(13-8-10-23(26)11-9-13)21-18(16)24(15)14-6-4-5-7-14/h8-12,14-15,26H,3-7H2,1-2H3/q+1/t15-/m1/s1. The molecule has 1 fully saturated rings. The van der Waals surface area contributed by atoms with Gasteiger partial charge in [0.25, 0.3) is 0 Å². The van der Waals surface area contributed by atoms with Crippen LogP contribution in [0.2, 0.25) is 0 Å². The first kappa shape index (κ1) is 16.8. The predicted octanol–water partition coefficient (Wildman–Crippen LogP) is 2.17. The zero-order valence-corrected chi connectivity index (χ0v) is 15.2. The minimum absolute atomic E-state index is 0.115. The van der Waals surface area contributed by atoms with E-state index >= 15 is 0 Å². The Morgan fingerprint density at radius 3 is 2.62 bits per heavy atom. The summed E-state index contributed by atoms with van der Waals surface area (Å²) in [4.78, 5) is 26.1. The number of amides is 1. The first-order valence-corrected chi connectivity index (χ1v) is 9.24. The highest BCUT2D eigenvalue weighted by Gasteiger charge is 2.41. The van der Waals surface area contributed by atoms with E-state index in [1.165, 1.54) is 12.8 Å². The quantitative estimate of drug-likeness (QED) is 0.675. The summed E-state index contributed by atoms with van der Waals surface area (Å²) < 4.78 is 0.992. The van der Waals surface area contributed by atoms with Gasteiger partial charge in [0.15, 0.2) is 11.6 Å². The van der Waals surface area contributed by atoms with Gasteiger partial charge in [0, 0.05) is 35.5 Å². The van der Waals surface area contributed by atoms with E-state index in [4.69, 9.17) is 4.98 Å². The van der Waals surface area contributed by atoms with Crippen molar-refractivity contribution in [1.29, 1.82) is 0 Å². The van der Waals surface area contributed by atoms with Crippen LogP contribution >= 0.6 is 0 Å². The molecule has 0 bridgehead atoms. The molecule has 2 aliphatic rings. The highest BCUT2D eigenvalue weighted by molar-refractivity contribution is 6.04. The van der Waals surface area contributed by atoms with Crippen LogP contribution < -0.4 is 14.5 Å². The van der Waals surface area contributed by atoms with Crippen molar-refractivity contribution < 1.29 is 14.7 Å². The number of pyridine rings is 1. The smallest absolute Gasteiger partial charge is 0.249 e. The number of likely N-dealkylation sites (N-methyl/N-ethyl adjacent to an activating group) is 1. The maximum Gasteiger partial charge on any atom is 0.249 e. The fourth-order valence-corrected chi connectivity index (χ4v) is 4.09. The number of nitrogens with zero attached hydrogens (tertiary/aromatic N) is 5. The van der Waals surface area contributed by atoms with Crippen molar-refractivity contribution in [3.05, 3.63) is 30.7 Å². The molecule has 4 rings (SSSR count). The van der Waals surface area contributed by atoms with Crippen LogP contribution in [0.3, 0.4) is 0 Å². The molecule has 1 aliphatic heterocycles. The van der Waals surface area contributed by atoms with Crippen molar-refractivity contribution >= 4 is 17.4 Å². The lowest BCUT2D eigenvalue weighted by atomic mass is 10.0. The van der Waals surface area contributed by atoms with Gasteiger partial charge in [-0.15, -0.1) is 0 Å². The summed E-state index contributed by atoms with van der Waals surface area (Å²) in [6.07, 6.45) is 10.2. The molecule has 1 aliphatic carbocycles. The maximum atomic E-state index is 12.9. The van der Waals surface area contributed by atoms with Gasteiger partial charge in [0.2, 0.25) is 18.3 Å². The lowest BCUT2D eigenvalue weighted by molar-refractivity contribution is -0.904. The first-order valence-electron chi connectivity index (χ1n) is 9.24. The van der Waals surface area contributed by atoms with Crippen molar-refractivity contribution in [2.75, 3.05) is 16.8 Å². The van der Waals surface area contributed by atoms with Crippen LogP contribution in [-0.4, -0.2) is 40.2 Å². The molecule has 1 atom stereocenters. The fourth-order valence-electron chi connectivity index (χ4n) is 4.09. The third-order valence-corrected chi connectivity index (χ3v) is 5.48. The maximum absolute atomic E-state index is 12.9. The van der Waals surface area contributed by atoms with Crippen LogP contribution in [0.4, 0.5) is 11.5 Å². The lowest BCUT2D eigenvalue weighted by Gasteiger charge is -2.43. The Balaban J connectivity index is 1.83. The third kappa shape index (κ3) is 2.67. The second-order valence-electron chi connectivity index (χ2n) is 7.04. The van der Waals surface area contributed by atoms with Crippen LogP contribution in [0, 0.1) is 0 Å². The molecule has 1 saturated carbocycles. The molecule has 2 aromatic rings. The van der Waals surface area contributed by atoms with Crippen LogP contribution in [0.5, 0.6) is 0 Å². The second-order valence-corrected chi connectivity index (χ2v) is 7.04. The Morgan fingerprint density at radius 1 is 1.27 bits per heavy atom. The number of hydrogen-bond acceptors (Lipinski definition) is 5. The summed E-state index contributed by atoms with van der Waals surface area (Å²) in [6.45, 7) is 2.06. The fraction of sp³-hybridized carbons (Fsp3) is 0.474. The number of hydrogen-bond donors (Lipinski definition) is 1. The van der Waals surface area contributed by atoms with Gasteiger partial charge in [-0.25, -0.2) is 9.97 Å². The van der Waals surface area contributed by atoms with E-state index in [2.05, 4.69) is 16.8 Å². The zero-order valence-electron chi connectivity index (χ0n) is 15.2. The van der Waals surface area contributed by atoms with Gasteiger partial charge in [-0.2, -0.15) is 0 Å². The normalized spacial score (nSPS) is 20.5. The van der Waals surface area contributed by atoms with E-state index in [1.54, 1.807) is 42.7 Å². The van der Waals surface area contributed by atoms with Crippen LogP contribution in [0.15, 0.2) is 30.7 Å². The van der Waals surface area contributed by atoms with Crippen molar-refractivity contribution in [2.45, 2.75) is 51.1 Å². The van der Waals surface area contributed by atoms with Crippen molar-refractivity contribution in [3.8, 4) is 11.4 Å². The van der Waals surface area contributed by atoms with Gasteiger partial charge >= 0.3 is 0 Å². The van der Waals surface area contributed by atoms with E-state index in [9.17, 15) is 10.0 Å². The molecular weight excluding hydrogens is 330 g/mol. The molecule has 0 unspecified atom stereocenters. The Kier molecular flexibility index (Phi) is 4.22. The molecule has 7 heteroatoms. The summed E-state index contributed by atoms with van der Waals surface area (Å²) >= 11 is 0. The number of rotatable bonds is 3. The molecule has 26 heavy (non-hydrogen) atoms. The van der Waals surface area contributed by atoms with Crippen LogP contribution in [0.25, 0.3) is 11.4 Å². The molecule has 1 amide bonds. The molecule has 0 aromatic carbocycles. The Bertz CT molecular complexity index is 817. The average Bonchev–Trinajstić information content (AvgIpc) is 3.19. The first-order chi connectivity index (χ1) is 12.6. The molecule has 7 nitrogen and oxygen atoms in total. The van der Waals surface area contributed by atoms with Gasteiger partial charge in [-0.3, -0.25) is 10.0 Å². The van der Waals surface area contributed by atoms with E-state index in [0.717, 1.165) is 41.1 Å². The molecule has 2 aromatic heterocycles. The van der Waals surface area contributed by atoms with Crippen LogP contribution in [-0.2, 0) is 4.79 Å². The third-order valence-electron chi connectivity index (χ3n) is 5.48. The lowest BCUT2D eigenvalue weighted by Crippen LogP contribution is -2.55. The summed E-state index contributed by atoms with van der Waals surface area (Å²) in [5, 5.41) is 9.44. The number of aromatic nitrogens is 3. The highest BCUT2D eigenvalue weighted by Crippen LogP contribution is 2.40. The number of carbonyl (C=O) groups excluding carboxylic acids is 1. The molecule has 1 N–H and O–H groups in total. The van der Waals surface area contributed by atoms with Crippen molar-refractivity contribution in [1.82, 2.24) is 9.97 Å². The van der Waals surface area contributed by atoms with Gasteiger partial charge in [0.1, 0.15) is 11.7 Å². The molecular formula is C19H24N5O2+. The van der Waals surface area contributed by atoms with Gasteiger partial charge in [-0.1, -0.05) is 19.8 Å². The largest absolute Gasteiger partial charge is 0.340 e. The van der Waals surface area contributed by atoms with Gasteiger partial charge in [0.05, 0.1) is 6.20 Å². The summed E-state index contributed by atoms with van der Waals surface area (Å²) in [6, 6.07) is 3.73. The summed E-state index contributed by atoms with van der Waals surface area (Å²) in [5.74, 6) is 1.56. The average molecular weight is 354 g/mol. The van der Waals surface area contributed by atoms with E-state index in [1.807, 2.05) is 0 Å². The van der Waals surface area contributed by atoms with Crippen molar-refractivity contribution in [3.63, 3.8) is 0 Å². The van der Waals surface area contributed by atoms with E-state index in [-0.39, 0.29) is 11.9 Å². The second kappa shape index (κ2) is 6.55. The molecule has 0 radical (unpaired) electrons. The molecule has 136 valence electrons. The summed E-state index contributed by atoms with van der Waals surface area (Å²) in [7, 11) is 1.80.